The van der Waals surface area contributed by atoms with Gasteiger partial charge in [-0.3, -0.25) is 19.2 Å². The number of ether oxygens (including phenoxy) is 8. The fraction of sp³-hybridized carbons (Fsp3) is 0.727. The first kappa shape index (κ1) is 34.8. The molecule has 0 bridgehead atoms. The molecule has 47 heavy (non-hydrogen) atoms. The molecule has 0 aromatic heterocycles. The summed E-state index contributed by atoms with van der Waals surface area (Å²) in [6.07, 6.45) is -0.0391. The Morgan fingerprint density at radius 2 is 1.72 bits per heavy atom. The Labute approximate surface area is 273 Å². The van der Waals surface area contributed by atoms with Crippen LogP contribution < -0.4 is 0 Å². The van der Waals surface area contributed by atoms with Gasteiger partial charge >= 0.3 is 29.8 Å². The molecule has 3 aliphatic heterocycles. The van der Waals surface area contributed by atoms with Crippen LogP contribution in [0.25, 0.3) is 0 Å². The van der Waals surface area contributed by atoms with Gasteiger partial charge in [-0.1, -0.05) is 12.5 Å². The van der Waals surface area contributed by atoms with Gasteiger partial charge in [0.2, 0.25) is 11.9 Å². The van der Waals surface area contributed by atoms with E-state index in [-0.39, 0.29) is 25.6 Å². The van der Waals surface area contributed by atoms with E-state index < -0.39 is 94.6 Å². The van der Waals surface area contributed by atoms with Gasteiger partial charge in [-0.05, 0) is 51.7 Å². The van der Waals surface area contributed by atoms with Crippen LogP contribution in [0, 0.1) is 22.7 Å². The quantitative estimate of drug-likeness (QED) is 0.164. The van der Waals surface area contributed by atoms with Gasteiger partial charge < -0.3 is 43.0 Å². The van der Waals surface area contributed by atoms with Crippen molar-refractivity contribution in [2.24, 2.45) is 22.7 Å². The minimum Gasteiger partial charge on any atom is -0.472 e. The molecule has 0 aromatic rings. The molecule has 2 saturated heterocycles. The first-order valence-corrected chi connectivity index (χ1v) is 15.8. The Hall–Kier alpha value is -3.49. The average Bonchev–Trinajstić information content (AvgIpc) is 3.44. The zero-order valence-electron chi connectivity index (χ0n) is 27.9. The van der Waals surface area contributed by atoms with Gasteiger partial charge in [-0.25, -0.2) is 4.79 Å². The summed E-state index contributed by atoms with van der Waals surface area (Å²) in [6.45, 7) is 10.9. The monoisotopic (exact) mass is 664 g/mol. The predicted molar refractivity (Wildman–Crippen MR) is 158 cm³/mol. The molecule has 260 valence electrons. The van der Waals surface area contributed by atoms with Crippen molar-refractivity contribution >= 4 is 29.8 Å². The second-order valence-electron chi connectivity index (χ2n) is 13.7. The highest BCUT2D eigenvalue weighted by molar-refractivity contribution is 5.84. The van der Waals surface area contributed by atoms with E-state index in [0.29, 0.717) is 6.42 Å². The Bertz CT molecular complexity index is 1380. The molecule has 1 N–H and O–H groups in total. The lowest BCUT2D eigenvalue weighted by Crippen LogP contribution is -2.73. The SMILES string of the molecule is CC(=O)OC[C@@]12[C@@H](OC(C)=O)C=C(C)[C@](C)([C@@H]3C[C@H]4C=CO[C@H]4O3)[C@H]1C[C@@H](O)[C@@H](OC(=O)[C@](C)(OC(C)=O)[C@@H](C)OC(C)=O)[C@]21CO1. The molecule has 2 aliphatic carbocycles. The van der Waals surface area contributed by atoms with Crippen molar-refractivity contribution in [3.8, 4) is 0 Å². The predicted octanol–water partition coefficient (Wildman–Crippen LogP) is 2.04. The highest BCUT2D eigenvalue weighted by atomic mass is 16.7. The summed E-state index contributed by atoms with van der Waals surface area (Å²) in [5.41, 5.74) is -5.03. The molecular weight excluding hydrogens is 620 g/mol. The van der Waals surface area contributed by atoms with Crippen LogP contribution in [0.3, 0.4) is 0 Å². The third kappa shape index (κ3) is 5.61. The molecule has 1 spiro atoms. The number of aliphatic hydroxyl groups is 1. The number of fused-ring (bicyclic) bond motifs is 3. The minimum atomic E-state index is -2.11. The van der Waals surface area contributed by atoms with Gasteiger partial charge in [0.15, 0.2) is 6.10 Å². The van der Waals surface area contributed by atoms with Crippen molar-refractivity contribution in [1.29, 1.82) is 0 Å². The van der Waals surface area contributed by atoms with E-state index in [1.807, 2.05) is 19.9 Å². The maximum atomic E-state index is 14.0. The molecule has 14 heteroatoms. The molecule has 0 unspecified atom stereocenters. The highest BCUT2D eigenvalue weighted by Crippen LogP contribution is 2.69. The molecule has 3 heterocycles. The summed E-state index contributed by atoms with van der Waals surface area (Å²) in [5, 5.41) is 11.9. The molecular formula is C33H44O14. The lowest BCUT2D eigenvalue weighted by atomic mass is 9.44. The van der Waals surface area contributed by atoms with Gasteiger partial charge in [0, 0.05) is 39.0 Å². The molecule has 0 aromatic carbocycles. The van der Waals surface area contributed by atoms with Crippen molar-refractivity contribution < 1.29 is 67.0 Å². The summed E-state index contributed by atoms with van der Waals surface area (Å²) in [4.78, 5) is 62.9. The number of hydrogen-bond donors (Lipinski definition) is 1. The summed E-state index contributed by atoms with van der Waals surface area (Å²) in [6, 6.07) is 0. The van der Waals surface area contributed by atoms with Crippen LogP contribution in [-0.4, -0.2) is 96.2 Å². The van der Waals surface area contributed by atoms with Crippen LogP contribution >= 0.6 is 0 Å². The van der Waals surface area contributed by atoms with Gasteiger partial charge in [0.1, 0.15) is 24.4 Å². The van der Waals surface area contributed by atoms with E-state index in [2.05, 4.69) is 0 Å². The normalized spacial score (nSPS) is 40.0. The van der Waals surface area contributed by atoms with Crippen molar-refractivity contribution in [1.82, 2.24) is 0 Å². The summed E-state index contributed by atoms with van der Waals surface area (Å²) < 4.78 is 46.6. The zero-order valence-corrected chi connectivity index (χ0v) is 27.9. The van der Waals surface area contributed by atoms with Crippen LogP contribution in [0.5, 0.6) is 0 Å². The Morgan fingerprint density at radius 3 is 2.28 bits per heavy atom. The van der Waals surface area contributed by atoms with E-state index in [0.717, 1.165) is 19.4 Å². The third-order valence-electron chi connectivity index (χ3n) is 10.9. The number of epoxide rings is 1. The Balaban J connectivity index is 1.62. The maximum absolute atomic E-state index is 14.0. The third-order valence-corrected chi connectivity index (χ3v) is 10.9. The highest BCUT2D eigenvalue weighted by Gasteiger charge is 2.81. The lowest BCUT2D eigenvalue weighted by molar-refractivity contribution is -0.254. The fourth-order valence-corrected chi connectivity index (χ4v) is 8.27. The maximum Gasteiger partial charge on any atom is 0.354 e. The standard InChI is InChI=1S/C33H44O14/c1-16-11-26(44-20(5)36)32(14-41-18(3)34)24(30(16,7)25-12-22-9-10-40-28(22)45-25)13-23(38)27(33(32)15-42-33)46-29(39)31(8,47-21(6)37)17(2)43-19(4)35/h9-11,17,22-28,38H,12-15H2,1-8H3/t17-,22-,23-,24-,25+,26+,27-,28+,30+,31-,32+,33-/m1/s1. The average molecular weight is 665 g/mol. The van der Waals surface area contributed by atoms with E-state index >= 15 is 0 Å². The molecule has 0 radical (unpaired) electrons. The van der Waals surface area contributed by atoms with E-state index in [4.69, 9.17) is 37.9 Å². The van der Waals surface area contributed by atoms with E-state index in [9.17, 15) is 29.1 Å². The van der Waals surface area contributed by atoms with Gasteiger partial charge in [-0.15, -0.1) is 0 Å². The van der Waals surface area contributed by atoms with Crippen molar-refractivity contribution in [2.45, 2.75) is 116 Å². The first-order valence-electron chi connectivity index (χ1n) is 15.8. The van der Waals surface area contributed by atoms with E-state index in [1.54, 1.807) is 12.3 Å². The van der Waals surface area contributed by atoms with Crippen LogP contribution in [-0.2, 0) is 61.9 Å². The minimum absolute atomic E-state index is 0.00482. The molecule has 1 saturated carbocycles. The van der Waals surface area contributed by atoms with Crippen molar-refractivity contribution in [3.63, 3.8) is 0 Å². The molecule has 3 fully saturated rings. The van der Waals surface area contributed by atoms with E-state index in [1.165, 1.54) is 27.7 Å². The van der Waals surface area contributed by atoms with Gasteiger partial charge in [0.25, 0.3) is 0 Å². The number of carbonyl (C=O) groups excluding carboxylic acids is 5. The molecule has 14 nitrogen and oxygen atoms in total. The summed E-state index contributed by atoms with van der Waals surface area (Å²) in [5.74, 6) is -4.48. The molecule has 5 rings (SSSR count). The topological polar surface area (TPSA) is 183 Å². The second kappa shape index (κ2) is 12.2. The fourth-order valence-electron chi connectivity index (χ4n) is 8.27. The Morgan fingerprint density at radius 1 is 1.04 bits per heavy atom. The number of carbonyl (C=O) groups is 5. The zero-order chi connectivity index (χ0) is 34.7. The van der Waals surface area contributed by atoms with Crippen LogP contribution in [0.4, 0.5) is 0 Å². The number of hydrogen-bond acceptors (Lipinski definition) is 14. The molecule has 12 atom stereocenters. The molecule has 5 aliphatic rings. The van der Waals surface area contributed by atoms with Gasteiger partial charge in [0.05, 0.1) is 30.5 Å². The molecule has 0 amide bonds. The lowest BCUT2D eigenvalue weighted by Gasteiger charge is -2.62. The number of aliphatic hydroxyl groups excluding tert-OH is 1. The first-order chi connectivity index (χ1) is 21.9. The summed E-state index contributed by atoms with van der Waals surface area (Å²) >= 11 is 0. The van der Waals surface area contributed by atoms with Crippen LogP contribution in [0.1, 0.15) is 68.2 Å². The van der Waals surface area contributed by atoms with Gasteiger partial charge in [-0.2, -0.15) is 0 Å². The Kier molecular flexibility index (Phi) is 9.04. The number of esters is 5. The smallest absolute Gasteiger partial charge is 0.354 e. The summed E-state index contributed by atoms with van der Waals surface area (Å²) in [7, 11) is 0. The van der Waals surface area contributed by atoms with Crippen LogP contribution in [0.15, 0.2) is 24.0 Å². The van der Waals surface area contributed by atoms with Crippen LogP contribution in [0.2, 0.25) is 0 Å². The van der Waals surface area contributed by atoms with Crippen molar-refractivity contribution in [2.75, 3.05) is 13.2 Å². The van der Waals surface area contributed by atoms with Crippen molar-refractivity contribution in [3.05, 3.63) is 24.0 Å². The largest absolute Gasteiger partial charge is 0.472 e. The second-order valence-corrected chi connectivity index (χ2v) is 13.7. The number of rotatable bonds is 9.